The largest absolute Gasteiger partial charge is 0.506 e. The maximum Gasteiger partial charge on any atom is 0.249 e. The van der Waals surface area contributed by atoms with Crippen molar-refractivity contribution in [1.82, 2.24) is 10.2 Å². The summed E-state index contributed by atoms with van der Waals surface area (Å²) in [5, 5.41) is 33.0. The predicted octanol–water partition coefficient (Wildman–Crippen LogP) is 1.10. The number of aromatic hydroxyl groups is 1. The number of carbonyl (C=O) groups excluding carboxylic acids is 3. The molecule has 1 saturated carbocycles. The summed E-state index contributed by atoms with van der Waals surface area (Å²) in [5.41, 5.74) is 6.17. The fourth-order valence-electron chi connectivity index (χ4n) is 5.14. The minimum absolute atomic E-state index is 0.0460. The average Bonchev–Trinajstić information content (AvgIpc) is 3.13. The van der Waals surface area contributed by atoms with Gasteiger partial charge in [-0.2, -0.15) is 0 Å². The fraction of sp³-hybridized carbons (Fsp3) is 0.625. The van der Waals surface area contributed by atoms with E-state index in [0.717, 1.165) is 0 Å². The van der Waals surface area contributed by atoms with Crippen molar-refractivity contribution in [3.63, 3.8) is 0 Å². The smallest absolute Gasteiger partial charge is 0.249 e. The number of rotatable bonds is 8. The zero-order valence-electron chi connectivity index (χ0n) is 19.5. The molecule has 2 aliphatic rings. The SMILES string of the molecule is CC(C)CC(NC(=O)C(O)Cc1ccc(O)c(Cl)c1)C(=O)N1C(C(N)=O)CC2CCC(O)CC21. The minimum Gasteiger partial charge on any atom is -0.506 e. The van der Waals surface area contributed by atoms with Gasteiger partial charge in [0, 0.05) is 12.5 Å². The second kappa shape index (κ2) is 10.9. The quantitative estimate of drug-likeness (QED) is 0.364. The highest BCUT2D eigenvalue weighted by molar-refractivity contribution is 6.32. The molecule has 1 heterocycles. The van der Waals surface area contributed by atoms with Gasteiger partial charge in [-0.15, -0.1) is 0 Å². The van der Waals surface area contributed by atoms with Crippen molar-refractivity contribution < 1.29 is 29.7 Å². The number of primary amides is 1. The van der Waals surface area contributed by atoms with Crippen LogP contribution in [0.3, 0.4) is 0 Å². The molecule has 3 rings (SSSR count). The van der Waals surface area contributed by atoms with Crippen LogP contribution >= 0.6 is 11.6 Å². The first kappa shape index (κ1) is 26.2. The molecule has 9 nitrogen and oxygen atoms in total. The van der Waals surface area contributed by atoms with Crippen LogP contribution in [0.2, 0.25) is 5.02 Å². The summed E-state index contributed by atoms with van der Waals surface area (Å²) in [6, 6.07) is 2.32. The summed E-state index contributed by atoms with van der Waals surface area (Å²) >= 11 is 5.90. The topological polar surface area (TPSA) is 153 Å². The van der Waals surface area contributed by atoms with E-state index in [0.29, 0.717) is 37.7 Å². The van der Waals surface area contributed by atoms with Crippen LogP contribution in [0.5, 0.6) is 5.75 Å². The number of phenolic OH excluding ortho intramolecular Hbond substituents is 1. The van der Waals surface area contributed by atoms with Crippen molar-refractivity contribution in [3.05, 3.63) is 28.8 Å². The number of carbonyl (C=O) groups is 3. The molecule has 188 valence electrons. The van der Waals surface area contributed by atoms with Crippen LogP contribution in [-0.2, 0) is 20.8 Å². The Kier molecular flexibility index (Phi) is 8.43. The summed E-state index contributed by atoms with van der Waals surface area (Å²) in [6.07, 6.45) is 0.391. The van der Waals surface area contributed by atoms with Crippen molar-refractivity contribution in [2.45, 2.75) is 82.7 Å². The number of fused-ring (bicyclic) bond motifs is 1. The molecule has 0 spiro atoms. The Morgan fingerprint density at radius 3 is 2.56 bits per heavy atom. The number of aliphatic hydroxyl groups excluding tert-OH is 2. The Balaban J connectivity index is 1.76. The first-order chi connectivity index (χ1) is 16.0. The van der Waals surface area contributed by atoms with Gasteiger partial charge in [-0.3, -0.25) is 14.4 Å². The molecule has 0 aromatic heterocycles. The number of nitrogens with two attached hydrogens (primary N) is 1. The lowest BCUT2D eigenvalue weighted by Crippen LogP contribution is -2.57. The lowest BCUT2D eigenvalue weighted by molar-refractivity contribution is -0.145. The zero-order chi connectivity index (χ0) is 25.2. The van der Waals surface area contributed by atoms with Crippen LogP contribution in [0.1, 0.15) is 51.5 Å². The second-order valence-corrected chi connectivity index (χ2v) is 10.3. The van der Waals surface area contributed by atoms with Gasteiger partial charge in [0.2, 0.25) is 17.7 Å². The van der Waals surface area contributed by atoms with Gasteiger partial charge >= 0.3 is 0 Å². The van der Waals surface area contributed by atoms with Crippen molar-refractivity contribution >= 4 is 29.3 Å². The highest BCUT2D eigenvalue weighted by atomic mass is 35.5. The van der Waals surface area contributed by atoms with Gasteiger partial charge in [0.25, 0.3) is 0 Å². The average molecular weight is 496 g/mol. The minimum atomic E-state index is -1.45. The number of hydrogen-bond acceptors (Lipinski definition) is 6. The van der Waals surface area contributed by atoms with Gasteiger partial charge in [0.15, 0.2) is 0 Å². The van der Waals surface area contributed by atoms with Crippen molar-refractivity contribution in [1.29, 1.82) is 0 Å². The summed E-state index contributed by atoms with van der Waals surface area (Å²) in [4.78, 5) is 40.1. The van der Waals surface area contributed by atoms with E-state index in [2.05, 4.69) is 5.32 Å². The number of phenols is 1. The number of aliphatic hydroxyl groups is 2. The molecular weight excluding hydrogens is 462 g/mol. The lowest BCUT2D eigenvalue weighted by Gasteiger charge is -2.37. The first-order valence-electron chi connectivity index (χ1n) is 11.7. The number of hydrogen-bond donors (Lipinski definition) is 5. The number of likely N-dealkylation sites (tertiary alicyclic amines) is 1. The summed E-state index contributed by atoms with van der Waals surface area (Å²) < 4.78 is 0. The fourth-order valence-corrected chi connectivity index (χ4v) is 5.34. The molecule has 34 heavy (non-hydrogen) atoms. The Morgan fingerprint density at radius 2 is 1.94 bits per heavy atom. The van der Waals surface area contributed by atoms with Gasteiger partial charge in [0.05, 0.1) is 11.1 Å². The maximum absolute atomic E-state index is 13.7. The highest BCUT2D eigenvalue weighted by Gasteiger charge is 2.49. The highest BCUT2D eigenvalue weighted by Crippen LogP contribution is 2.40. The van der Waals surface area contributed by atoms with E-state index in [4.69, 9.17) is 17.3 Å². The summed E-state index contributed by atoms with van der Waals surface area (Å²) in [6.45, 7) is 3.81. The normalized spacial score (nSPS) is 26.1. The standard InChI is InChI=1S/C24H34ClN3O6/c1-12(2)7-17(27-23(33)21(31)9-13-3-6-20(30)16(25)8-13)24(34)28-18-11-15(29)5-4-14(18)10-19(28)22(26)32/h3,6,8,12,14-15,17-19,21,29-31H,4-5,7,9-11H2,1-2H3,(H2,26,32)(H,27,33). The molecule has 2 fully saturated rings. The van der Waals surface area contributed by atoms with Crippen molar-refractivity contribution in [2.24, 2.45) is 17.6 Å². The van der Waals surface area contributed by atoms with Crippen LogP contribution in [0.4, 0.5) is 0 Å². The predicted molar refractivity (Wildman–Crippen MR) is 126 cm³/mol. The van der Waals surface area contributed by atoms with Crippen molar-refractivity contribution in [3.8, 4) is 5.75 Å². The molecule has 1 aromatic carbocycles. The van der Waals surface area contributed by atoms with E-state index < -0.39 is 42.0 Å². The van der Waals surface area contributed by atoms with Gasteiger partial charge < -0.3 is 31.3 Å². The molecule has 0 radical (unpaired) electrons. The lowest BCUT2D eigenvalue weighted by atomic mass is 9.83. The van der Waals surface area contributed by atoms with Crippen LogP contribution in [-0.4, -0.2) is 68.3 Å². The molecular formula is C24H34ClN3O6. The molecule has 6 unspecified atom stereocenters. The van der Waals surface area contributed by atoms with E-state index in [-0.39, 0.29) is 35.1 Å². The molecule has 1 saturated heterocycles. The monoisotopic (exact) mass is 495 g/mol. The Morgan fingerprint density at radius 1 is 1.24 bits per heavy atom. The van der Waals surface area contributed by atoms with E-state index in [1.54, 1.807) is 6.07 Å². The van der Waals surface area contributed by atoms with E-state index in [1.165, 1.54) is 17.0 Å². The summed E-state index contributed by atoms with van der Waals surface area (Å²) in [5.74, 6) is -1.73. The third kappa shape index (κ3) is 6.00. The number of nitrogens with one attached hydrogen (secondary N) is 1. The zero-order valence-corrected chi connectivity index (χ0v) is 20.2. The molecule has 1 aliphatic heterocycles. The number of nitrogens with zero attached hydrogens (tertiary/aromatic N) is 1. The Labute approximate surface area is 204 Å². The number of halogens is 1. The second-order valence-electron chi connectivity index (χ2n) is 9.89. The molecule has 6 atom stereocenters. The first-order valence-corrected chi connectivity index (χ1v) is 12.1. The van der Waals surface area contributed by atoms with E-state index in [9.17, 15) is 29.7 Å². The van der Waals surface area contributed by atoms with E-state index >= 15 is 0 Å². The third-order valence-corrected chi connectivity index (χ3v) is 7.10. The van der Waals surface area contributed by atoms with Crippen LogP contribution in [0.15, 0.2) is 18.2 Å². The third-order valence-electron chi connectivity index (χ3n) is 6.80. The Hall–Kier alpha value is -2.36. The molecule has 10 heteroatoms. The van der Waals surface area contributed by atoms with Crippen LogP contribution < -0.4 is 11.1 Å². The van der Waals surface area contributed by atoms with Gasteiger partial charge in [-0.05, 0) is 61.6 Å². The van der Waals surface area contributed by atoms with E-state index in [1.807, 2.05) is 13.8 Å². The van der Waals surface area contributed by atoms with Crippen molar-refractivity contribution in [2.75, 3.05) is 0 Å². The molecule has 6 N–H and O–H groups in total. The van der Waals surface area contributed by atoms with Crippen LogP contribution in [0.25, 0.3) is 0 Å². The maximum atomic E-state index is 13.7. The number of benzene rings is 1. The molecule has 1 aromatic rings. The molecule has 3 amide bonds. The van der Waals surface area contributed by atoms with Gasteiger partial charge in [-0.25, -0.2) is 0 Å². The summed E-state index contributed by atoms with van der Waals surface area (Å²) in [7, 11) is 0. The number of amides is 3. The van der Waals surface area contributed by atoms with Crippen LogP contribution in [0, 0.1) is 11.8 Å². The molecule has 1 aliphatic carbocycles. The van der Waals surface area contributed by atoms with Gasteiger partial charge in [-0.1, -0.05) is 31.5 Å². The Bertz CT molecular complexity index is 926. The molecule has 0 bridgehead atoms. The van der Waals surface area contributed by atoms with Gasteiger partial charge in [0.1, 0.15) is 23.9 Å².